The lowest BCUT2D eigenvalue weighted by molar-refractivity contribution is -0.161. The first-order valence-electron chi connectivity index (χ1n) is 33.6. The highest BCUT2D eigenvalue weighted by Crippen LogP contribution is 2.43. The summed E-state index contributed by atoms with van der Waals surface area (Å²) < 4.78 is 33.1. The summed E-state index contributed by atoms with van der Waals surface area (Å²) in [6.45, 7) is 3.56. The summed E-state index contributed by atoms with van der Waals surface area (Å²) in [6.07, 6.45) is 101. The van der Waals surface area contributed by atoms with Crippen LogP contribution in [0.4, 0.5) is 0 Å². The molecule has 0 fully saturated rings. The number of phosphoric acid groups is 1. The largest absolute Gasteiger partial charge is 0.472 e. The van der Waals surface area contributed by atoms with Gasteiger partial charge in [-0.2, -0.15) is 0 Å². The summed E-state index contributed by atoms with van der Waals surface area (Å²) in [6, 6.07) is 0. The molecule has 0 saturated carbocycles. The van der Waals surface area contributed by atoms with E-state index in [1.165, 1.54) is 103 Å². The molecule has 0 aliphatic carbocycles. The van der Waals surface area contributed by atoms with Crippen molar-refractivity contribution in [2.75, 3.05) is 26.4 Å². The van der Waals surface area contributed by atoms with Crippen molar-refractivity contribution in [2.45, 2.75) is 264 Å². The van der Waals surface area contributed by atoms with Crippen LogP contribution >= 0.6 is 7.82 Å². The molecule has 0 bridgehead atoms. The highest BCUT2D eigenvalue weighted by molar-refractivity contribution is 7.47. The number of hydrogen-bond acceptors (Lipinski definition) is 8. The average Bonchev–Trinajstić information content (AvgIpc) is 3.53. The predicted octanol–water partition coefficient (Wildman–Crippen LogP) is 22.2. The summed E-state index contributed by atoms with van der Waals surface area (Å²) in [7, 11) is -4.42. The standard InChI is InChI=1S/C75H122NO8P/c1-3-5-7-9-11-13-15-17-19-21-23-25-27-29-30-31-32-33-34-35-36-37-38-39-40-41-42-44-46-48-50-52-54-56-58-60-62-64-66-68-75(78)84-73(72-83-85(79,80)82-70-69-76)71-81-74(77)67-65-63-61-59-57-55-53-51-49-47-45-43-28-26-24-22-20-18-16-14-12-10-8-6-4-2/h5,7,11,13,16-19,22-25,29-30,32-33,35-36,38-39,41-42,46,48,52,54,58,60,73H,3-4,6,8-10,12,14-15,20-21,26-28,31,34,37,40,43-45,47,49-51,53,55-57,59,61-72,76H2,1-2H3,(H,79,80)/b7-5-,13-11-,18-16-,19-17-,24-22-,25-23-,30-29-,33-32-,36-35-,39-38-,42-41-,48-46-,54-52-,60-58-. The number of ether oxygens (including phenoxy) is 2. The molecule has 85 heavy (non-hydrogen) atoms. The second-order valence-electron chi connectivity index (χ2n) is 21.6. The van der Waals surface area contributed by atoms with Crippen LogP contribution in [0.25, 0.3) is 0 Å². The first-order chi connectivity index (χ1) is 41.8. The minimum atomic E-state index is -4.42. The monoisotopic (exact) mass is 1200 g/mol. The number of rotatable bonds is 61. The summed E-state index contributed by atoms with van der Waals surface area (Å²) in [4.78, 5) is 35.3. The Morgan fingerprint density at radius 1 is 0.365 bits per heavy atom. The molecule has 2 atom stereocenters. The fourth-order valence-corrected chi connectivity index (χ4v) is 9.41. The molecule has 0 aromatic carbocycles. The van der Waals surface area contributed by atoms with E-state index >= 15 is 0 Å². The highest BCUT2D eigenvalue weighted by Gasteiger charge is 2.26. The lowest BCUT2D eigenvalue weighted by Gasteiger charge is -2.19. The molecule has 10 heteroatoms. The normalized spacial score (nSPS) is 14.1. The molecular formula is C75H122NO8P. The van der Waals surface area contributed by atoms with Crippen LogP contribution in [-0.4, -0.2) is 49.3 Å². The van der Waals surface area contributed by atoms with Crippen LogP contribution in [-0.2, 0) is 32.7 Å². The van der Waals surface area contributed by atoms with Gasteiger partial charge in [-0.15, -0.1) is 0 Å². The van der Waals surface area contributed by atoms with Crippen LogP contribution in [0.2, 0.25) is 0 Å². The van der Waals surface area contributed by atoms with Crippen molar-refractivity contribution in [1.82, 2.24) is 0 Å². The Morgan fingerprint density at radius 3 is 0.988 bits per heavy atom. The third-order valence-corrected chi connectivity index (χ3v) is 14.6. The Morgan fingerprint density at radius 2 is 0.647 bits per heavy atom. The van der Waals surface area contributed by atoms with E-state index in [9.17, 15) is 19.0 Å². The number of nitrogens with two attached hydrogens (primary N) is 1. The lowest BCUT2D eigenvalue weighted by atomic mass is 10.0. The SMILES string of the molecule is CC/C=C\C/C=C\C/C=C\C/C=C\C/C=C\C/C=C\C/C=C\C/C=C\C/C=C\C/C=C\C/C=C\C/C=C\CCCCC(=O)OC(COC(=O)CCCCCCCCCCCCCCC/C=C\C/C=C\CCCCCCC)COP(=O)(O)OCCN. The zero-order valence-corrected chi connectivity index (χ0v) is 54.7. The van der Waals surface area contributed by atoms with Gasteiger partial charge in [-0.3, -0.25) is 18.6 Å². The maximum atomic E-state index is 12.7. The lowest BCUT2D eigenvalue weighted by Crippen LogP contribution is -2.29. The van der Waals surface area contributed by atoms with E-state index in [1.54, 1.807) is 0 Å². The van der Waals surface area contributed by atoms with Crippen LogP contribution in [0.5, 0.6) is 0 Å². The van der Waals surface area contributed by atoms with E-state index in [0.29, 0.717) is 6.42 Å². The molecule has 0 rings (SSSR count). The Labute approximate surface area is 521 Å². The molecule has 9 nitrogen and oxygen atoms in total. The minimum absolute atomic E-state index is 0.0376. The van der Waals surface area contributed by atoms with Crippen molar-refractivity contribution >= 4 is 19.8 Å². The molecule has 0 radical (unpaired) electrons. The van der Waals surface area contributed by atoms with Gasteiger partial charge >= 0.3 is 19.8 Å². The molecule has 0 aliphatic heterocycles. The first kappa shape index (κ1) is 80.4. The summed E-state index contributed by atoms with van der Waals surface area (Å²) in [5, 5.41) is 0. The second-order valence-corrected chi connectivity index (χ2v) is 23.1. The van der Waals surface area contributed by atoms with E-state index in [1.807, 2.05) is 0 Å². The zero-order valence-electron chi connectivity index (χ0n) is 53.8. The number of hydrogen-bond donors (Lipinski definition) is 2. The Hall–Kier alpha value is -4.63. The van der Waals surface area contributed by atoms with Gasteiger partial charge in [-0.1, -0.05) is 280 Å². The van der Waals surface area contributed by atoms with Crippen molar-refractivity contribution in [3.8, 4) is 0 Å². The summed E-state index contributed by atoms with van der Waals surface area (Å²) in [5.74, 6) is -0.888. The van der Waals surface area contributed by atoms with Gasteiger partial charge in [0, 0.05) is 19.4 Å². The van der Waals surface area contributed by atoms with Crippen molar-refractivity contribution < 1.29 is 37.6 Å². The number of carbonyl (C=O) groups is 2. The maximum Gasteiger partial charge on any atom is 0.472 e. The smallest absolute Gasteiger partial charge is 0.462 e. The first-order valence-corrected chi connectivity index (χ1v) is 35.1. The average molecular weight is 1200 g/mol. The number of unbranched alkanes of at least 4 members (excludes halogenated alkanes) is 20. The molecule has 0 aliphatic rings. The third kappa shape index (κ3) is 68.4. The van der Waals surface area contributed by atoms with Crippen molar-refractivity contribution in [3.05, 3.63) is 170 Å². The zero-order chi connectivity index (χ0) is 61.6. The summed E-state index contributed by atoms with van der Waals surface area (Å²) in [5.41, 5.74) is 5.39. The van der Waals surface area contributed by atoms with Gasteiger partial charge < -0.3 is 20.1 Å². The fourth-order valence-electron chi connectivity index (χ4n) is 8.65. The molecule has 0 amide bonds. The topological polar surface area (TPSA) is 134 Å². The predicted molar refractivity (Wildman–Crippen MR) is 366 cm³/mol. The molecule has 2 unspecified atom stereocenters. The van der Waals surface area contributed by atoms with Gasteiger partial charge in [0.05, 0.1) is 13.2 Å². The molecule has 0 aromatic heterocycles. The van der Waals surface area contributed by atoms with E-state index in [2.05, 4.69) is 184 Å². The second kappa shape index (κ2) is 68.5. The van der Waals surface area contributed by atoms with E-state index in [0.717, 1.165) is 122 Å². The van der Waals surface area contributed by atoms with Crippen LogP contribution in [0, 0.1) is 0 Å². The van der Waals surface area contributed by atoms with Gasteiger partial charge in [0.2, 0.25) is 0 Å². The Bertz CT molecular complexity index is 2000. The van der Waals surface area contributed by atoms with E-state index < -0.39 is 32.5 Å². The number of carbonyl (C=O) groups excluding carboxylic acids is 2. The molecule has 3 N–H and O–H groups in total. The molecule has 0 saturated heterocycles. The van der Waals surface area contributed by atoms with Crippen LogP contribution in [0.1, 0.15) is 258 Å². The number of esters is 2. The van der Waals surface area contributed by atoms with Gasteiger partial charge in [0.25, 0.3) is 0 Å². The van der Waals surface area contributed by atoms with Crippen LogP contribution in [0.15, 0.2) is 170 Å². The van der Waals surface area contributed by atoms with Crippen molar-refractivity contribution in [1.29, 1.82) is 0 Å². The van der Waals surface area contributed by atoms with Gasteiger partial charge in [-0.05, 0) is 135 Å². The fraction of sp³-hybridized carbons (Fsp3) is 0.600. The van der Waals surface area contributed by atoms with Crippen LogP contribution < -0.4 is 5.73 Å². The van der Waals surface area contributed by atoms with E-state index in [4.69, 9.17) is 24.3 Å². The molecular weight excluding hydrogens is 1070 g/mol. The molecule has 0 heterocycles. The number of allylic oxidation sites excluding steroid dienone is 28. The van der Waals surface area contributed by atoms with Gasteiger partial charge in [0.1, 0.15) is 6.61 Å². The molecule has 0 spiro atoms. The van der Waals surface area contributed by atoms with Crippen molar-refractivity contribution in [3.63, 3.8) is 0 Å². The maximum absolute atomic E-state index is 12.7. The van der Waals surface area contributed by atoms with Gasteiger partial charge in [0.15, 0.2) is 6.10 Å². The third-order valence-electron chi connectivity index (χ3n) is 13.6. The van der Waals surface area contributed by atoms with Crippen molar-refractivity contribution in [2.24, 2.45) is 5.73 Å². The Balaban J connectivity index is 4.07. The Kier molecular flexibility index (Phi) is 64.8. The summed E-state index contributed by atoms with van der Waals surface area (Å²) >= 11 is 0. The van der Waals surface area contributed by atoms with E-state index in [-0.39, 0.29) is 32.6 Å². The van der Waals surface area contributed by atoms with Crippen LogP contribution in [0.3, 0.4) is 0 Å². The quantitative estimate of drug-likeness (QED) is 0.0264. The molecule has 0 aromatic rings. The van der Waals surface area contributed by atoms with Gasteiger partial charge in [-0.25, -0.2) is 4.57 Å². The highest BCUT2D eigenvalue weighted by atomic mass is 31.2. The number of phosphoric ester groups is 1. The molecule has 480 valence electrons. The minimum Gasteiger partial charge on any atom is -0.462 e.